The van der Waals surface area contributed by atoms with Crippen molar-refractivity contribution < 1.29 is 14.3 Å². The molecule has 1 N–H and O–H groups in total. The van der Waals surface area contributed by atoms with Gasteiger partial charge in [0.1, 0.15) is 5.69 Å². The Kier molecular flexibility index (Phi) is 4.81. The predicted octanol–water partition coefficient (Wildman–Crippen LogP) is 3.72. The molecular weight excluding hydrogens is 386 g/mol. The average Bonchev–Trinajstić information content (AvgIpc) is 2.61. The van der Waals surface area contributed by atoms with Crippen LogP contribution in [0.5, 0.6) is 0 Å². The lowest BCUT2D eigenvalue weighted by Gasteiger charge is -2.12. The highest BCUT2D eigenvalue weighted by atomic mass is 79.9. The summed E-state index contributed by atoms with van der Waals surface area (Å²) in [5.41, 5.74) is 0.705. The molecule has 0 aliphatic rings. The number of aromatic nitrogens is 1. The molecule has 3 rings (SSSR count). The van der Waals surface area contributed by atoms with Gasteiger partial charge in [0.05, 0.1) is 0 Å². The number of Topliss-reactive ketones (excluding diaryl/α,β-unsaturated/α-hetero) is 1. The fourth-order valence-electron chi connectivity index (χ4n) is 2.43. The molecule has 0 bridgehead atoms. The van der Waals surface area contributed by atoms with Crippen LogP contribution in [0.4, 0.5) is 0 Å². The second-order valence-electron chi connectivity index (χ2n) is 5.51. The van der Waals surface area contributed by atoms with E-state index in [1.807, 2.05) is 0 Å². The van der Waals surface area contributed by atoms with E-state index in [4.69, 9.17) is 4.74 Å². The summed E-state index contributed by atoms with van der Waals surface area (Å²) in [6, 6.07) is 14.8. The molecule has 6 heteroatoms. The third-order valence-electron chi connectivity index (χ3n) is 3.74. The Hall–Kier alpha value is -2.73. The third kappa shape index (κ3) is 3.69. The van der Waals surface area contributed by atoms with Gasteiger partial charge in [0.15, 0.2) is 11.5 Å². The lowest BCUT2D eigenvalue weighted by Crippen LogP contribution is -2.25. The zero-order valence-corrected chi connectivity index (χ0v) is 14.9. The number of ether oxygens (including phenoxy) is 1. The van der Waals surface area contributed by atoms with E-state index in [0.717, 1.165) is 4.47 Å². The zero-order chi connectivity index (χ0) is 18.0. The summed E-state index contributed by atoms with van der Waals surface area (Å²) >= 11 is 3.30. The Morgan fingerprint density at radius 1 is 1.08 bits per heavy atom. The monoisotopic (exact) mass is 399 g/mol. The number of H-pyrrole nitrogens is 1. The number of carbonyl (C=O) groups is 2. The van der Waals surface area contributed by atoms with Gasteiger partial charge in [-0.05, 0) is 31.2 Å². The highest BCUT2D eigenvalue weighted by molar-refractivity contribution is 9.10. The van der Waals surface area contributed by atoms with Crippen LogP contribution in [-0.4, -0.2) is 22.8 Å². The molecule has 0 spiro atoms. The molecule has 0 aliphatic carbocycles. The van der Waals surface area contributed by atoms with Gasteiger partial charge in [0, 0.05) is 27.0 Å². The number of fused-ring (bicyclic) bond motifs is 1. The maximum Gasteiger partial charge on any atom is 0.355 e. The van der Waals surface area contributed by atoms with Crippen LogP contribution in [0.1, 0.15) is 27.8 Å². The van der Waals surface area contributed by atoms with Gasteiger partial charge in [-0.2, -0.15) is 0 Å². The Morgan fingerprint density at radius 2 is 1.76 bits per heavy atom. The van der Waals surface area contributed by atoms with E-state index in [-0.39, 0.29) is 16.9 Å². The fourth-order valence-corrected chi connectivity index (χ4v) is 2.70. The number of carbonyl (C=O) groups excluding carboxylic acids is 2. The van der Waals surface area contributed by atoms with Crippen molar-refractivity contribution in [3.63, 3.8) is 0 Å². The highest BCUT2D eigenvalue weighted by Crippen LogP contribution is 2.14. The van der Waals surface area contributed by atoms with Gasteiger partial charge in [-0.15, -0.1) is 0 Å². The second kappa shape index (κ2) is 7.03. The lowest BCUT2D eigenvalue weighted by molar-refractivity contribution is 0.0313. The smallest absolute Gasteiger partial charge is 0.355 e. The molecule has 0 radical (unpaired) electrons. The Labute approximate surface area is 151 Å². The molecule has 126 valence electrons. The predicted molar refractivity (Wildman–Crippen MR) is 97.9 cm³/mol. The first kappa shape index (κ1) is 17.1. The standard InChI is InChI=1S/C19H14BrNO4/c1-11(18(23)12-6-8-13(20)9-7-12)25-19(24)16-10-17(22)14-4-2-3-5-15(14)21-16/h2-11H,1H3,(H,21,22)/t11-/m0/s1. The Morgan fingerprint density at radius 3 is 2.48 bits per heavy atom. The van der Waals surface area contributed by atoms with Gasteiger partial charge in [-0.3, -0.25) is 9.59 Å². The molecule has 5 nitrogen and oxygen atoms in total. The summed E-state index contributed by atoms with van der Waals surface area (Å²) < 4.78 is 6.07. The maximum atomic E-state index is 12.3. The van der Waals surface area contributed by atoms with Crippen molar-refractivity contribution in [2.45, 2.75) is 13.0 Å². The molecule has 0 saturated heterocycles. The molecule has 2 aromatic carbocycles. The number of nitrogens with one attached hydrogen (secondary N) is 1. The van der Waals surface area contributed by atoms with Crippen molar-refractivity contribution >= 4 is 38.6 Å². The van der Waals surface area contributed by atoms with Gasteiger partial charge >= 0.3 is 5.97 Å². The number of esters is 1. The summed E-state index contributed by atoms with van der Waals surface area (Å²) in [5.74, 6) is -1.06. The third-order valence-corrected chi connectivity index (χ3v) is 4.27. The van der Waals surface area contributed by atoms with E-state index in [1.54, 1.807) is 48.5 Å². The van der Waals surface area contributed by atoms with E-state index in [9.17, 15) is 14.4 Å². The van der Waals surface area contributed by atoms with Crippen LogP contribution >= 0.6 is 15.9 Å². The number of hydrogen-bond donors (Lipinski definition) is 1. The molecule has 25 heavy (non-hydrogen) atoms. The Balaban J connectivity index is 1.81. The summed E-state index contributed by atoms with van der Waals surface area (Å²) in [6.45, 7) is 1.50. The fraction of sp³-hybridized carbons (Fsp3) is 0.105. The molecule has 3 aromatic rings. The average molecular weight is 400 g/mol. The van der Waals surface area contributed by atoms with Gasteiger partial charge in [-0.25, -0.2) is 4.79 Å². The zero-order valence-electron chi connectivity index (χ0n) is 13.3. The van der Waals surface area contributed by atoms with Crippen molar-refractivity contribution in [3.05, 3.63) is 80.6 Å². The van der Waals surface area contributed by atoms with E-state index in [2.05, 4.69) is 20.9 Å². The van der Waals surface area contributed by atoms with Gasteiger partial charge < -0.3 is 9.72 Å². The number of benzene rings is 2. The van der Waals surface area contributed by atoms with Crippen molar-refractivity contribution in [1.82, 2.24) is 4.98 Å². The minimum Gasteiger partial charge on any atom is -0.450 e. The molecule has 0 amide bonds. The van der Waals surface area contributed by atoms with E-state index >= 15 is 0 Å². The topological polar surface area (TPSA) is 76.2 Å². The first-order valence-corrected chi connectivity index (χ1v) is 8.38. The molecular formula is C19H14BrNO4. The van der Waals surface area contributed by atoms with E-state index in [0.29, 0.717) is 16.5 Å². The largest absolute Gasteiger partial charge is 0.450 e. The number of para-hydroxylation sites is 1. The van der Waals surface area contributed by atoms with Crippen molar-refractivity contribution in [2.24, 2.45) is 0 Å². The summed E-state index contributed by atoms with van der Waals surface area (Å²) in [4.78, 5) is 39.6. The van der Waals surface area contributed by atoms with Crippen LogP contribution in [0.25, 0.3) is 10.9 Å². The van der Waals surface area contributed by atoms with Crippen LogP contribution < -0.4 is 5.43 Å². The minimum atomic E-state index is -0.969. The van der Waals surface area contributed by atoms with Crippen molar-refractivity contribution in [3.8, 4) is 0 Å². The molecule has 0 saturated carbocycles. The van der Waals surface area contributed by atoms with Crippen LogP contribution in [0, 0.1) is 0 Å². The number of hydrogen-bond acceptors (Lipinski definition) is 4. The van der Waals surface area contributed by atoms with Crippen LogP contribution in [-0.2, 0) is 4.74 Å². The lowest BCUT2D eigenvalue weighted by atomic mass is 10.1. The SMILES string of the molecule is C[C@H](OC(=O)c1cc(=O)c2ccccc2[nH]1)C(=O)c1ccc(Br)cc1. The van der Waals surface area contributed by atoms with Crippen LogP contribution in [0.2, 0.25) is 0 Å². The van der Waals surface area contributed by atoms with Crippen molar-refractivity contribution in [2.75, 3.05) is 0 Å². The minimum absolute atomic E-state index is 0.0131. The molecule has 0 aliphatic heterocycles. The maximum absolute atomic E-state index is 12.3. The number of ketones is 1. The summed E-state index contributed by atoms with van der Waals surface area (Å²) in [7, 11) is 0. The van der Waals surface area contributed by atoms with Crippen molar-refractivity contribution in [1.29, 1.82) is 0 Å². The van der Waals surface area contributed by atoms with Crippen LogP contribution in [0.15, 0.2) is 63.9 Å². The Bertz CT molecular complexity index is 1010. The first-order valence-electron chi connectivity index (χ1n) is 7.58. The first-order chi connectivity index (χ1) is 12.0. The quantitative estimate of drug-likeness (QED) is 0.535. The second-order valence-corrected chi connectivity index (χ2v) is 6.43. The summed E-state index contributed by atoms with van der Waals surface area (Å²) in [6.07, 6.45) is -0.969. The molecule has 1 atom stereocenters. The molecule has 1 aromatic heterocycles. The number of aromatic amines is 1. The molecule has 0 unspecified atom stereocenters. The molecule has 0 fully saturated rings. The highest BCUT2D eigenvalue weighted by Gasteiger charge is 2.21. The van der Waals surface area contributed by atoms with Crippen LogP contribution in [0.3, 0.4) is 0 Å². The summed E-state index contributed by atoms with van der Waals surface area (Å²) in [5, 5.41) is 0.484. The molecule has 1 heterocycles. The number of halogens is 1. The van der Waals surface area contributed by atoms with Gasteiger partial charge in [0.2, 0.25) is 5.78 Å². The van der Waals surface area contributed by atoms with Gasteiger partial charge in [0.25, 0.3) is 0 Å². The van der Waals surface area contributed by atoms with E-state index < -0.39 is 12.1 Å². The number of pyridine rings is 1. The normalized spacial score (nSPS) is 11.9. The number of rotatable bonds is 4. The van der Waals surface area contributed by atoms with Gasteiger partial charge in [-0.1, -0.05) is 40.2 Å². The van der Waals surface area contributed by atoms with E-state index in [1.165, 1.54) is 13.0 Å².